The summed E-state index contributed by atoms with van der Waals surface area (Å²) in [7, 11) is 0. The molecular weight excluding hydrogens is 248 g/mol. The first-order chi connectivity index (χ1) is 6.25. The van der Waals surface area contributed by atoms with Gasteiger partial charge in [0.1, 0.15) is 0 Å². The van der Waals surface area contributed by atoms with Crippen molar-refractivity contribution in [2.75, 3.05) is 13.1 Å². The molecule has 0 bridgehead atoms. The molecule has 0 radical (unpaired) electrons. The number of nitrogens with zero attached hydrogens (tertiary/aromatic N) is 2. The van der Waals surface area contributed by atoms with Gasteiger partial charge in [0.15, 0.2) is 0 Å². The van der Waals surface area contributed by atoms with Gasteiger partial charge in [0.2, 0.25) is 0 Å². The molecule has 1 fully saturated rings. The van der Waals surface area contributed by atoms with Gasteiger partial charge < -0.3 is 0 Å². The number of aromatic nitrogens is 1. The monoisotopic (exact) mass is 260 g/mol. The largest absolute Gasteiger partial charge is 0.297 e. The lowest BCUT2D eigenvalue weighted by Gasteiger charge is -2.12. The van der Waals surface area contributed by atoms with Gasteiger partial charge in [-0.25, -0.2) is 4.37 Å². The summed E-state index contributed by atoms with van der Waals surface area (Å²) in [5.74, 6) is 0.771. The molecule has 1 saturated heterocycles. The van der Waals surface area contributed by atoms with E-state index in [4.69, 9.17) is 0 Å². The summed E-state index contributed by atoms with van der Waals surface area (Å²) in [4.78, 5) is 4.52. The standard InChI is InChI=1S/C9H13BrN2S/c1-7-4-12(6-9(7)10)5-8-2-3-11-13-8/h2-3,7,9H,4-6H2,1H3. The molecule has 72 valence electrons. The number of hydrogen-bond donors (Lipinski definition) is 0. The van der Waals surface area contributed by atoms with Crippen molar-refractivity contribution in [3.63, 3.8) is 0 Å². The minimum atomic E-state index is 0.667. The van der Waals surface area contributed by atoms with E-state index in [9.17, 15) is 0 Å². The first-order valence-electron chi connectivity index (χ1n) is 4.51. The lowest BCUT2D eigenvalue weighted by Crippen LogP contribution is -2.19. The number of rotatable bonds is 2. The Hall–Kier alpha value is 0.0700. The zero-order valence-corrected chi connectivity index (χ0v) is 10.0. The molecule has 2 heterocycles. The van der Waals surface area contributed by atoms with Crippen molar-refractivity contribution in [1.29, 1.82) is 0 Å². The average Bonchev–Trinajstić information content (AvgIpc) is 2.64. The summed E-state index contributed by atoms with van der Waals surface area (Å²) in [6, 6.07) is 2.11. The van der Waals surface area contributed by atoms with Crippen LogP contribution in [0.1, 0.15) is 11.8 Å². The summed E-state index contributed by atoms with van der Waals surface area (Å²) >= 11 is 5.30. The van der Waals surface area contributed by atoms with Gasteiger partial charge in [-0.1, -0.05) is 22.9 Å². The van der Waals surface area contributed by atoms with Gasteiger partial charge in [0.05, 0.1) is 0 Å². The van der Waals surface area contributed by atoms with Crippen LogP contribution in [0.4, 0.5) is 0 Å². The molecule has 1 aliphatic heterocycles. The second-order valence-electron chi connectivity index (χ2n) is 3.67. The van der Waals surface area contributed by atoms with Crippen LogP contribution in [-0.4, -0.2) is 27.2 Å². The van der Waals surface area contributed by atoms with E-state index in [1.807, 2.05) is 6.20 Å². The van der Waals surface area contributed by atoms with Crippen molar-refractivity contribution in [3.05, 3.63) is 17.1 Å². The molecule has 2 atom stereocenters. The maximum Gasteiger partial charge on any atom is 0.0410 e. The predicted octanol–water partition coefficient (Wildman–Crippen LogP) is 2.36. The summed E-state index contributed by atoms with van der Waals surface area (Å²) in [5, 5.41) is 0. The van der Waals surface area contributed by atoms with E-state index in [2.05, 4.69) is 38.2 Å². The first kappa shape index (κ1) is 9.62. The fourth-order valence-electron chi connectivity index (χ4n) is 1.70. The van der Waals surface area contributed by atoms with E-state index in [0.717, 1.165) is 12.5 Å². The van der Waals surface area contributed by atoms with E-state index >= 15 is 0 Å². The van der Waals surface area contributed by atoms with Crippen LogP contribution in [0.25, 0.3) is 0 Å². The number of hydrogen-bond acceptors (Lipinski definition) is 3. The van der Waals surface area contributed by atoms with Gasteiger partial charge in [-0.05, 0) is 23.5 Å². The molecule has 0 saturated carbocycles. The summed E-state index contributed by atoms with van der Waals surface area (Å²) in [6.07, 6.45) is 1.88. The second-order valence-corrected chi connectivity index (χ2v) is 5.76. The van der Waals surface area contributed by atoms with E-state index in [1.54, 1.807) is 11.5 Å². The molecule has 4 heteroatoms. The third kappa shape index (κ3) is 2.30. The minimum Gasteiger partial charge on any atom is -0.297 e. The lowest BCUT2D eigenvalue weighted by molar-refractivity contribution is 0.323. The Morgan fingerprint density at radius 3 is 3.08 bits per heavy atom. The van der Waals surface area contributed by atoms with Crippen molar-refractivity contribution in [3.8, 4) is 0 Å². The Morgan fingerprint density at radius 2 is 2.54 bits per heavy atom. The van der Waals surface area contributed by atoms with Gasteiger partial charge in [-0.15, -0.1) is 0 Å². The highest BCUT2D eigenvalue weighted by atomic mass is 79.9. The lowest BCUT2D eigenvalue weighted by atomic mass is 10.2. The molecule has 13 heavy (non-hydrogen) atoms. The van der Waals surface area contributed by atoms with Crippen LogP contribution in [0.3, 0.4) is 0 Å². The van der Waals surface area contributed by atoms with Crippen LogP contribution in [0.15, 0.2) is 12.3 Å². The van der Waals surface area contributed by atoms with Crippen LogP contribution in [0.5, 0.6) is 0 Å². The zero-order valence-electron chi connectivity index (χ0n) is 7.61. The number of alkyl halides is 1. The molecule has 1 aromatic rings. The highest BCUT2D eigenvalue weighted by Gasteiger charge is 2.27. The van der Waals surface area contributed by atoms with Crippen LogP contribution < -0.4 is 0 Å². The Morgan fingerprint density at radius 1 is 1.69 bits per heavy atom. The van der Waals surface area contributed by atoms with Crippen molar-refractivity contribution in [2.24, 2.45) is 5.92 Å². The molecule has 2 nitrogen and oxygen atoms in total. The molecule has 0 aliphatic carbocycles. The third-order valence-corrected chi connectivity index (χ3v) is 4.39. The Labute approximate surface area is 91.2 Å². The smallest absolute Gasteiger partial charge is 0.0410 e. The highest BCUT2D eigenvalue weighted by molar-refractivity contribution is 9.09. The number of likely N-dealkylation sites (tertiary alicyclic amines) is 1. The van der Waals surface area contributed by atoms with Crippen LogP contribution in [-0.2, 0) is 6.54 Å². The highest BCUT2D eigenvalue weighted by Crippen LogP contribution is 2.24. The van der Waals surface area contributed by atoms with E-state index in [0.29, 0.717) is 4.83 Å². The van der Waals surface area contributed by atoms with Crippen LogP contribution in [0.2, 0.25) is 0 Å². The van der Waals surface area contributed by atoms with Gasteiger partial charge >= 0.3 is 0 Å². The minimum absolute atomic E-state index is 0.667. The molecule has 2 unspecified atom stereocenters. The molecule has 0 aromatic carbocycles. The van der Waals surface area contributed by atoms with Crippen LogP contribution in [0, 0.1) is 5.92 Å². The third-order valence-electron chi connectivity index (χ3n) is 2.47. The van der Waals surface area contributed by atoms with Crippen molar-refractivity contribution < 1.29 is 0 Å². The van der Waals surface area contributed by atoms with E-state index < -0.39 is 0 Å². The van der Waals surface area contributed by atoms with Crippen molar-refractivity contribution in [1.82, 2.24) is 9.27 Å². The first-order valence-corrected chi connectivity index (χ1v) is 6.20. The van der Waals surface area contributed by atoms with Crippen LogP contribution >= 0.6 is 27.5 Å². The van der Waals surface area contributed by atoms with Gasteiger partial charge in [0, 0.05) is 35.5 Å². The summed E-state index contributed by atoms with van der Waals surface area (Å²) in [5.41, 5.74) is 0. The number of halogens is 1. The Kier molecular flexibility index (Phi) is 3.01. The molecule has 1 aromatic heterocycles. The second kappa shape index (κ2) is 4.07. The average molecular weight is 261 g/mol. The topological polar surface area (TPSA) is 16.1 Å². The van der Waals surface area contributed by atoms with E-state index in [-0.39, 0.29) is 0 Å². The molecule has 0 amide bonds. The van der Waals surface area contributed by atoms with Crippen molar-refractivity contribution >= 4 is 27.5 Å². The fourth-order valence-corrected chi connectivity index (χ4v) is 2.89. The maximum atomic E-state index is 4.11. The zero-order chi connectivity index (χ0) is 9.26. The fraction of sp³-hybridized carbons (Fsp3) is 0.667. The quantitative estimate of drug-likeness (QED) is 0.760. The SMILES string of the molecule is CC1CN(Cc2ccns2)CC1Br. The predicted molar refractivity (Wildman–Crippen MR) is 59.3 cm³/mol. The normalized spacial score (nSPS) is 29.7. The molecule has 0 N–H and O–H groups in total. The Bertz CT molecular complexity index is 253. The van der Waals surface area contributed by atoms with Gasteiger partial charge in [-0.3, -0.25) is 4.90 Å². The van der Waals surface area contributed by atoms with Gasteiger partial charge in [-0.2, -0.15) is 0 Å². The van der Waals surface area contributed by atoms with Crippen molar-refractivity contribution in [2.45, 2.75) is 18.3 Å². The Balaban J connectivity index is 1.91. The molecule has 2 rings (SSSR count). The summed E-state index contributed by atoms with van der Waals surface area (Å²) < 4.78 is 4.11. The molecular formula is C9H13BrN2S. The molecule has 0 spiro atoms. The molecule has 1 aliphatic rings. The summed E-state index contributed by atoms with van der Waals surface area (Å²) in [6.45, 7) is 5.73. The maximum absolute atomic E-state index is 4.11. The van der Waals surface area contributed by atoms with Gasteiger partial charge in [0.25, 0.3) is 0 Å². The van der Waals surface area contributed by atoms with E-state index in [1.165, 1.54) is 18.0 Å².